The third-order valence-electron chi connectivity index (χ3n) is 3.72. The Bertz CT molecular complexity index is 472. The van der Waals surface area contributed by atoms with E-state index in [1.165, 1.54) is 12.1 Å². The van der Waals surface area contributed by atoms with Crippen molar-refractivity contribution in [3.63, 3.8) is 0 Å². The van der Waals surface area contributed by atoms with Gasteiger partial charge in [0.05, 0.1) is 13.0 Å². The molecule has 4 nitrogen and oxygen atoms in total. The second kappa shape index (κ2) is 5.57. The highest BCUT2D eigenvalue weighted by Gasteiger charge is 2.34. The van der Waals surface area contributed by atoms with Crippen LogP contribution in [0.1, 0.15) is 12.5 Å². The fourth-order valence-corrected chi connectivity index (χ4v) is 2.37. The maximum absolute atomic E-state index is 13.2. The van der Waals surface area contributed by atoms with Crippen LogP contribution in [0.5, 0.6) is 5.75 Å². The molecule has 104 valence electrons. The summed E-state index contributed by atoms with van der Waals surface area (Å²) in [5.41, 5.74) is 0.795. The largest absolute Gasteiger partial charge is 0.496 e. The van der Waals surface area contributed by atoms with Crippen LogP contribution in [0.3, 0.4) is 0 Å². The summed E-state index contributed by atoms with van der Waals surface area (Å²) in [5.74, 6) is -0.529. The number of carboxylic acid groups (broad SMARTS) is 1. The molecule has 0 aromatic heterocycles. The number of benzene rings is 1. The number of carboxylic acids is 1. The summed E-state index contributed by atoms with van der Waals surface area (Å²) >= 11 is 0. The van der Waals surface area contributed by atoms with Crippen LogP contribution in [0.4, 0.5) is 4.39 Å². The Labute approximate surface area is 111 Å². The van der Waals surface area contributed by atoms with E-state index in [-0.39, 0.29) is 17.7 Å². The van der Waals surface area contributed by atoms with E-state index in [2.05, 4.69) is 4.90 Å². The van der Waals surface area contributed by atoms with E-state index < -0.39 is 5.97 Å². The van der Waals surface area contributed by atoms with Crippen LogP contribution in [0.15, 0.2) is 18.2 Å². The monoisotopic (exact) mass is 267 g/mol. The summed E-state index contributed by atoms with van der Waals surface area (Å²) in [6.07, 6.45) is 0. The van der Waals surface area contributed by atoms with Gasteiger partial charge in [-0.15, -0.1) is 0 Å². The van der Waals surface area contributed by atoms with Gasteiger partial charge >= 0.3 is 5.97 Å². The molecule has 1 aromatic carbocycles. The molecule has 1 saturated heterocycles. The van der Waals surface area contributed by atoms with Crippen molar-refractivity contribution in [1.29, 1.82) is 0 Å². The second-order valence-electron chi connectivity index (χ2n) is 5.04. The Hall–Kier alpha value is -1.62. The summed E-state index contributed by atoms with van der Waals surface area (Å²) in [6, 6.07) is 4.45. The quantitative estimate of drug-likeness (QED) is 0.886. The molecule has 5 heteroatoms. The minimum absolute atomic E-state index is 0.178. The van der Waals surface area contributed by atoms with Gasteiger partial charge in [0.25, 0.3) is 0 Å². The predicted molar refractivity (Wildman–Crippen MR) is 68.5 cm³/mol. The van der Waals surface area contributed by atoms with Crippen molar-refractivity contribution in [3.05, 3.63) is 29.6 Å². The minimum Gasteiger partial charge on any atom is -0.496 e. The Balaban J connectivity index is 1.94. The molecular formula is C14H18FNO3. The summed E-state index contributed by atoms with van der Waals surface area (Å²) in [4.78, 5) is 13.0. The zero-order valence-corrected chi connectivity index (χ0v) is 11.1. The summed E-state index contributed by atoms with van der Waals surface area (Å²) < 4.78 is 18.4. The van der Waals surface area contributed by atoms with E-state index in [4.69, 9.17) is 9.84 Å². The predicted octanol–water partition coefficient (Wildman–Crippen LogP) is 1.99. The van der Waals surface area contributed by atoms with Gasteiger partial charge in [-0.25, -0.2) is 4.39 Å². The average Bonchev–Trinajstić information content (AvgIpc) is 2.32. The number of aliphatic carboxylic acids is 1. The third-order valence-corrected chi connectivity index (χ3v) is 3.72. The Morgan fingerprint density at radius 1 is 1.58 bits per heavy atom. The molecule has 1 unspecified atom stereocenters. The molecule has 0 aliphatic carbocycles. The van der Waals surface area contributed by atoms with E-state index in [1.807, 2.05) is 0 Å². The number of nitrogens with zero attached hydrogens (tertiary/aromatic N) is 1. The maximum atomic E-state index is 13.2. The van der Waals surface area contributed by atoms with Gasteiger partial charge in [0, 0.05) is 25.2 Å². The molecular weight excluding hydrogens is 249 g/mol. The van der Waals surface area contributed by atoms with Gasteiger partial charge in [-0.3, -0.25) is 9.69 Å². The highest BCUT2D eigenvalue weighted by molar-refractivity contribution is 5.70. The average molecular weight is 267 g/mol. The lowest BCUT2D eigenvalue weighted by molar-refractivity contribution is -0.145. The van der Waals surface area contributed by atoms with Crippen LogP contribution in [0.25, 0.3) is 0 Å². The van der Waals surface area contributed by atoms with Crippen molar-refractivity contribution >= 4 is 5.97 Å². The number of methoxy groups -OCH3 is 1. The Morgan fingerprint density at radius 2 is 2.26 bits per heavy atom. The van der Waals surface area contributed by atoms with Gasteiger partial charge in [-0.1, -0.05) is 6.92 Å². The van der Waals surface area contributed by atoms with E-state index in [9.17, 15) is 9.18 Å². The first-order valence-corrected chi connectivity index (χ1v) is 6.29. The van der Waals surface area contributed by atoms with Crippen molar-refractivity contribution in [1.82, 2.24) is 4.90 Å². The second-order valence-corrected chi connectivity index (χ2v) is 5.04. The van der Waals surface area contributed by atoms with Gasteiger partial charge in [0.2, 0.25) is 0 Å². The normalized spacial score (nSPS) is 17.8. The Kier molecular flexibility index (Phi) is 4.04. The van der Waals surface area contributed by atoms with E-state index in [1.54, 1.807) is 20.1 Å². The zero-order chi connectivity index (χ0) is 14.0. The van der Waals surface area contributed by atoms with Gasteiger partial charge in [-0.05, 0) is 24.1 Å². The summed E-state index contributed by atoms with van der Waals surface area (Å²) in [5, 5.41) is 8.92. The highest BCUT2D eigenvalue weighted by Crippen LogP contribution is 2.28. The first-order valence-electron chi connectivity index (χ1n) is 6.29. The van der Waals surface area contributed by atoms with Gasteiger partial charge in [0.1, 0.15) is 11.6 Å². The summed E-state index contributed by atoms with van der Waals surface area (Å²) in [7, 11) is 1.56. The fourth-order valence-electron chi connectivity index (χ4n) is 2.37. The standard InChI is InChI=1S/C14H18FNO3/c1-9(14(17)18)11-7-16(8-11)6-10-5-12(15)3-4-13(10)19-2/h3-5,9,11H,6-8H2,1-2H3,(H,17,18). The number of hydrogen-bond acceptors (Lipinski definition) is 3. The van der Waals surface area contributed by atoms with E-state index >= 15 is 0 Å². The van der Waals surface area contributed by atoms with Crippen molar-refractivity contribution in [2.45, 2.75) is 13.5 Å². The van der Waals surface area contributed by atoms with Crippen molar-refractivity contribution in [2.75, 3.05) is 20.2 Å². The first-order chi connectivity index (χ1) is 9.01. The molecule has 0 spiro atoms. The highest BCUT2D eigenvalue weighted by atomic mass is 19.1. The molecule has 19 heavy (non-hydrogen) atoms. The molecule has 1 atom stereocenters. The van der Waals surface area contributed by atoms with E-state index in [0.29, 0.717) is 12.3 Å². The van der Waals surface area contributed by atoms with Crippen LogP contribution in [-0.4, -0.2) is 36.2 Å². The number of hydrogen-bond donors (Lipinski definition) is 1. The zero-order valence-electron chi connectivity index (χ0n) is 11.1. The van der Waals surface area contributed by atoms with Crippen molar-refractivity contribution < 1.29 is 19.0 Å². The number of carbonyl (C=O) groups is 1. The molecule has 1 heterocycles. The maximum Gasteiger partial charge on any atom is 0.306 e. The van der Waals surface area contributed by atoms with Crippen LogP contribution in [-0.2, 0) is 11.3 Å². The number of rotatable bonds is 5. The van der Waals surface area contributed by atoms with E-state index in [0.717, 1.165) is 18.7 Å². The lowest BCUT2D eigenvalue weighted by atomic mass is 9.87. The molecule has 0 bridgehead atoms. The molecule has 1 aliphatic heterocycles. The number of halogens is 1. The number of likely N-dealkylation sites (tertiary alicyclic amines) is 1. The SMILES string of the molecule is COc1ccc(F)cc1CN1CC(C(C)C(=O)O)C1. The fraction of sp³-hybridized carbons (Fsp3) is 0.500. The van der Waals surface area contributed by atoms with Gasteiger partial charge in [-0.2, -0.15) is 0 Å². The molecule has 0 amide bonds. The van der Waals surface area contributed by atoms with Gasteiger partial charge in [0.15, 0.2) is 0 Å². The van der Waals surface area contributed by atoms with Crippen LogP contribution < -0.4 is 4.74 Å². The molecule has 0 saturated carbocycles. The lowest BCUT2D eigenvalue weighted by Gasteiger charge is -2.41. The smallest absolute Gasteiger partial charge is 0.306 e. The van der Waals surface area contributed by atoms with Crippen LogP contribution in [0, 0.1) is 17.7 Å². The van der Waals surface area contributed by atoms with Crippen molar-refractivity contribution in [2.24, 2.45) is 11.8 Å². The van der Waals surface area contributed by atoms with Crippen molar-refractivity contribution in [3.8, 4) is 5.75 Å². The molecule has 1 aliphatic rings. The molecule has 2 rings (SSSR count). The Morgan fingerprint density at radius 3 is 2.84 bits per heavy atom. The van der Waals surface area contributed by atoms with Crippen LogP contribution in [0.2, 0.25) is 0 Å². The third kappa shape index (κ3) is 3.04. The first kappa shape index (κ1) is 13.8. The minimum atomic E-state index is -0.756. The molecule has 0 radical (unpaired) electrons. The molecule has 1 aromatic rings. The molecule has 1 fully saturated rings. The van der Waals surface area contributed by atoms with Crippen LogP contribution >= 0.6 is 0 Å². The lowest BCUT2D eigenvalue weighted by Crippen LogP contribution is -2.50. The number of ether oxygens (including phenoxy) is 1. The molecule has 1 N–H and O–H groups in total. The van der Waals surface area contributed by atoms with Gasteiger partial charge < -0.3 is 9.84 Å². The topological polar surface area (TPSA) is 49.8 Å². The summed E-state index contributed by atoms with van der Waals surface area (Å²) in [6.45, 7) is 3.77.